The van der Waals surface area contributed by atoms with Crippen molar-refractivity contribution >= 4 is 64.0 Å². The fourth-order valence-electron chi connectivity index (χ4n) is 9.53. The zero-order valence-corrected chi connectivity index (χ0v) is 34.7. The van der Waals surface area contributed by atoms with Crippen molar-refractivity contribution in [2.45, 2.75) is 51.4 Å². The van der Waals surface area contributed by atoms with Gasteiger partial charge in [-0.1, -0.05) is 6.92 Å². The van der Waals surface area contributed by atoms with Gasteiger partial charge in [0.15, 0.2) is 11.3 Å². The number of carbonyl (C=O) groups excluding carboxylic acids is 4. The summed E-state index contributed by atoms with van der Waals surface area (Å²) in [7, 11) is 0. The van der Waals surface area contributed by atoms with E-state index < -0.39 is 11.8 Å². The molecule has 5 N–H and O–H groups in total. The molecule has 0 spiro atoms. The smallest absolute Gasteiger partial charge is 0.323 e. The summed E-state index contributed by atoms with van der Waals surface area (Å²) in [5.74, 6) is -1.49. The summed E-state index contributed by atoms with van der Waals surface area (Å²) in [6.45, 7) is 4.47. The summed E-state index contributed by atoms with van der Waals surface area (Å²) < 4.78 is 28.9. The van der Waals surface area contributed by atoms with Crippen LogP contribution in [0.4, 0.5) is 36.6 Å². The number of fused-ring (bicyclic) bond motifs is 1. The predicted octanol–water partition coefficient (Wildman–Crippen LogP) is 4.68. The number of halogens is 2. The molecule has 9 rings (SSSR count). The molecule has 63 heavy (non-hydrogen) atoms. The lowest BCUT2D eigenvalue weighted by Crippen LogP contribution is -2.72. The van der Waals surface area contributed by atoms with Crippen molar-refractivity contribution in [2.24, 2.45) is 23.7 Å². The fourth-order valence-corrected chi connectivity index (χ4v) is 9.53. The van der Waals surface area contributed by atoms with Gasteiger partial charge in [0.05, 0.1) is 52.9 Å². The van der Waals surface area contributed by atoms with Crippen LogP contribution in [0.5, 0.6) is 0 Å². The van der Waals surface area contributed by atoms with Gasteiger partial charge in [-0.2, -0.15) is 5.10 Å². The molecule has 5 amide bonds. The number of hydrogen-bond acceptors (Lipinski definition) is 10. The zero-order chi connectivity index (χ0) is 43.8. The van der Waals surface area contributed by atoms with Crippen molar-refractivity contribution < 1.29 is 33.3 Å². The van der Waals surface area contributed by atoms with Gasteiger partial charge in [-0.25, -0.2) is 33.2 Å². The van der Waals surface area contributed by atoms with Gasteiger partial charge in [-0.15, -0.1) is 0 Å². The molecule has 326 valence electrons. The van der Waals surface area contributed by atoms with E-state index >= 15 is 0 Å². The van der Waals surface area contributed by atoms with Crippen LogP contribution >= 0.6 is 0 Å². The molecule has 1 aliphatic carbocycles. The summed E-state index contributed by atoms with van der Waals surface area (Å²) in [6, 6.07) is 8.57. The van der Waals surface area contributed by atoms with Crippen LogP contribution < -0.4 is 20.9 Å². The molecule has 3 saturated heterocycles. The van der Waals surface area contributed by atoms with Crippen LogP contribution in [0.3, 0.4) is 0 Å². The van der Waals surface area contributed by atoms with Crippen molar-refractivity contribution in [3.05, 3.63) is 84.2 Å². The molecule has 4 aliphatic rings. The van der Waals surface area contributed by atoms with E-state index in [1.54, 1.807) is 58.0 Å². The molecule has 0 bridgehead atoms. The van der Waals surface area contributed by atoms with Gasteiger partial charge in [0.1, 0.15) is 5.82 Å². The zero-order valence-electron chi connectivity index (χ0n) is 34.7. The molecule has 3 unspecified atom stereocenters. The van der Waals surface area contributed by atoms with E-state index in [1.807, 2.05) is 17.0 Å². The Hall–Kier alpha value is -6.76. The number of nitrogens with two attached hydrogens (primary N) is 1. The van der Waals surface area contributed by atoms with Gasteiger partial charge in [-0.3, -0.25) is 29.6 Å². The molecule has 5 aromatic rings. The average molecular weight is 861 g/mol. The van der Waals surface area contributed by atoms with E-state index in [0.717, 1.165) is 37.3 Å². The van der Waals surface area contributed by atoms with Crippen LogP contribution in [0.25, 0.3) is 16.7 Å². The quantitative estimate of drug-likeness (QED) is 0.143. The van der Waals surface area contributed by atoms with Crippen molar-refractivity contribution in [1.82, 2.24) is 44.8 Å². The molecule has 19 heteroatoms. The first-order valence-corrected chi connectivity index (χ1v) is 21.4. The normalized spacial score (nSPS) is 22.3. The van der Waals surface area contributed by atoms with Crippen LogP contribution in [0.2, 0.25) is 0 Å². The molecular weight excluding hydrogens is 813 g/mol. The third kappa shape index (κ3) is 8.69. The minimum atomic E-state index is -2.77. The number of urea groups is 1. The van der Waals surface area contributed by atoms with E-state index in [0.29, 0.717) is 83.5 Å². The number of piperidine rings is 2. The predicted molar refractivity (Wildman–Crippen MR) is 228 cm³/mol. The third-order valence-electron chi connectivity index (χ3n) is 12.9. The number of nitrogens with one attached hydrogen (secondary N) is 3. The average Bonchev–Trinajstić information content (AvgIpc) is 4.06. The van der Waals surface area contributed by atoms with E-state index in [1.165, 1.54) is 17.2 Å². The topological polar surface area (TPSA) is 212 Å². The second kappa shape index (κ2) is 17.2. The van der Waals surface area contributed by atoms with Crippen LogP contribution in [0, 0.1) is 29.1 Å². The second-order valence-corrected chi connectivity index (χ2v) is 17.0. The Morgan fingerprint density at radius 3 is 2.44 bits per heavy atom. The Morgan fingerprint density at radius 2 is 1.70 bits per heavy atom. The number of alkyl halides is 2. The number of nitrogens with zero attached hydrogens (tertiary/aromatic N) is 9. The van der Waals surface area contributed by atoms with Crippen LogP contribution in [-0.4, -0.2) is 115 Å². The molecule has 8 heterocycles. The molecule has 17 nitrogen and oxygen atoms in total. The summed E-state index contributed by atoms with van der Waals surface area (Å²) >= 11 is 0. The van der Waals surface area contributed by atoms with E-state index in [4.69, 9.17) is 5.41 Å². The highest BCUT2D eigenvalue weighted by Crippen LogP contribution is 2.43. The molecule has 5 aromatic heterocycles. The molecular formula is C44H48F2N13O4+. The van der Waals surface area contributed by atoms with Crippen molar-refractivity contribution in [2.75, 3.05) is 49.5 Å². The van der Waals surface area contributed by atoms with Crippen molar-refractivity contribution in [3.63, 3.8) is 0 Å². The van der Waals surface area contributed by atoms with Crippen LogP contribution in [-0.2, 0) is 4.79 Å². The molecule has 0 radical (unpaired) electrons. The largest absolute Gasteiger partial charge is 0.338 e. The summed E-state index contributed by atoms with van der Waals surface area (Å²) in [5, 5.41) is 20.7. The van der Waals surface area contributed by atoms with Gasteiger partial charge in [0, 0.05) is 88.1 Å². The highest BCUT2D eigenvalue weighted by Gasteiger charge is 2.40. The number of anilines is 2. The van der Waals surface area contributed by atoms with Gasteiger partial charge in [0.2, 0.25) is 11.7 Å². The maximum Gasteiger partial charge on any atom is 0.323 e. The Morgan fingerprint density at radius 1 is 0.905 bits per heavy atom. The monoisotopic (exact) mass is 860 g/mol. The third-order valence-corrected chi connectivity index (χ3v) is 12.9. The van der Waals surface area contributed by atoms with Gasteiger partial charge < -0.3 is 25.8 Å². The number of aromatic nitrogens is 6. The molecule has 4 fully saturated rings. The van der Waals surface area contributed by atoms with Crippen LogP contribution in [0.15, 0.2) is 67.5 Å². The lowest BCUT2D eigenvalue weighted by Gasteiger charge is -2.40. The molecule has 0 aromatic carbocycles. The summed E-state index contributed by atoms with van der Waals surface area (Å²) in [5.41, 5.74) is 3.56. The summed E-state index contributed by atoms with van der Waals surface area (Å²) in [6.07, 6.45) is 13.2. The number of rotatable bonds is 10. The molecule has 4 atom stereocenters. The van der Waals surface area contributed by atoms with Crippen molar-refractivity contribution in [3.8, 4) is 5.69 Å². The Labute approximate surface area is 361 Å². The SMILES string of the molecule is C[C@@H]1CN(C(=O)c2cnc3c(cnn3-c3ccc(N4CCNC4=O)nc3)c2)CCC1C1CCC(C(=O)Nc2cncc([NH2+]c3ncc(C(=O)N4CCC(F)(F)CC4)cc3C=N)c2)C1. The van der Waals surface area contributed by atoms with E-state index in [-0.39, 0.29) is 61.2 Å². The Balaban J connectivity index is 0.769. The van der Waals surface area contributed by atoms with Gasteiger partial charge in [0.25, 0.3) is 17.7 Å². The minimum absolute atomic E-state index is 0.0418. The maximum absolute atomic E-state index is 13.8. The minimum Gasteiger partial charge on any atom is -0.338 e. The lowest BCUT2D eigenvalue weighted by atomic mass is 9.76. The summed E-state index contributed by atoms with van der Waals surface area (Å²) in [4.78, 5) is 75.0. The Kier molecular flexibility index (Phi) is 11.3. The molecule has 1 saturated carbocycles. The van der Waals surface area contributed by atoms with Gasteiger partial charge in [-0.05, 0) is 67.7 Å². The van der Waals surface area contributed by atoms with E-state index in [9.17, 15) is 28.0 Å². The standard InChI is InChI=1S/C44H47F2N13O4/c1-26-25-57(42(62)32-16-30-21-53-59(39(30)52-20-32)35-4-5-37(50-24-35)58-13-9-49-43(58)63)10-6-36(26)27-2-3-28(14-27)40(60)55-34-17-33(22-48-23-34)54-38-29(18-47)15-31(19-51-38)41(61)56-11-7-44(45,46)8-12-56/h4-5,15-24,26-28,36,47H,2-3,6-14,25H2,1H3,(H,49,63)(H,51,54)(H,55,60)/p+1/t26-,27?,28?,36?/m1/s1. The van der Waals surface area contributed by atoms with Gasteiger partial charge >= 0.3 is 6.03 Å². The fraction of sp³-hybridized carbons (Fsp3) is 0.409. The first-order valence-electron chi connectivity index (χ1n) is 21.4. The number of hydrogen-bond donors (Lipinski definition) is 4. The number of amides is 5. The van der Waals surface area contributed by atoms with Crippen molar-refractivity contribution in [1.29, 1.82) is 5.41 Å². The first-order chi connectivity index (χ1) is 30.4. The Bertz CT molecular complexity index is 2580. The lowest BCUT2D eigenvalue weighted by molar-refractivity contribution is -0.483. The number of likely N-dealkylation sites (tertiary alicyclic amines) is 2. The highest BCUT2D eigenvalue weighted by molar-refractivity contribution is 5.98. The number of pyridine rings is 4. The highest BCUT2D eigenvalue weighted by atomic mass is 19.3. The number of quaternary nitrogens is 1. The number of carbonyl (C=O) groups is 4. The van der Waals surface area contributed by atoms with Crippen LogP contribution in [0.1, 0.15) is 71.7 Å². The molecule has 3 aliphatic heterocycles. The van der Waals surface area contributed by atoms with E-state index in [2.05, 4.69) is 42.6 Å². The maximum atomic E-state index is 13.8. The second-order valence-electron chi connectivity index (χ2n) is 17.0. The first kappa shape index (κ1) is 41.6.